The summed E-state index contributed by atoms with van der Waals surface area (Å²) >= 11 is 7.64. The summed E-state index contributed by atoms with van der Waals surface area (Å²) in [7, 11) is 0. The highest BCUT2D eigenvalue weighted by Gasteiger charge is 2.03. The molecule has 0 amide bonds. The van der Waals surface area contributed by atoms with Crippen molar-refractivity contribution in [1.29, 1.82) is 0 Å². The fourth-order valence-electron chi connectivity index (χ4n) is 1.29. The van der Waals surface area contributed by atoms with Gasteiger partial charge in [-0.25, -0.2) is 0 Å². The van der Waals surface area contributed by atoms with Gasteiger partial charge in [-0.1, -0.05) is 23.7 Å². The van der Waals surface area contributed by atoms with Gasteiger partial charge < -0.3 is 5.73 Å². The maximum Gasteiger partial charge on any atom is 0.0406 e. The summed E-state index contributed by atoms with van der Waals surface area (Å²) < 4.78 is 0. The Balaban J connectivity index is 2.39. The Labute approximate surface area is 95.0 Å². The van der Waals surface area contributed by atoms with Crippen LogP contribution in [0.5, 0.6) is 0 Å². The van der Waals surface area contributed by atoms with Crippen LogP contribution in [0.15, 0.2) is 24.3 Å². The van der Waals surface area contributed by atoms with E-state index in [1.165, 1.54) is 5.56 Å². The van der Waals surface area contributed by atoms with Crippen LogP contribution in [0, 0.1) is 0 Å². The Bertz CT molecular complexity index is 260. The van der Waals surface area contributed by atoms with Gasteiger partial charge in [0.05, 0.1) is 0 Å². The minimum Gasteiger partial charge on any atom is -0.327 e. The van der Waals surface area contributed by atoms with Gasteiger partial charge in [-0.15, -0.1) is 0 Å². The average Bonchev–Trinajstić information content (AvgIpc) is 2.18. The van der Waals surface area contributed by atoms with E-state index in [0.717, 1.165) is 23.6 Å². The zero-order chi connectivity index (χ0) is 10.4. The topological polar surface area (TPSA) is 26.0 Å². The van der Waals surface area contributed by atoms with Crippen molar-refractivity contribution >= 4 is 23.4 Å². The SMILES string of the molecule is CSCCC(N)Cc1ccc(Cl)cc1. The highest BCUT2D eigenvalue weighted by molar-refractivity contribution is 7.98. The molecule has 1 nitrogen and oxygen atoms in total. The number of thioether (sulfide) groups is 1. The van der Waals surface area contributed by atoms with E-state index >= 15 is 0 Å². The predicted octanol–water partition coefficient (Wildman–Crippen LogP) is 2.96. The Kier molecular flexibility index (Phi) is 5.38. The molecule has 0 saturated carbocycles. The van der Waals surface area contributed by atoms with Gasteiger partial charge in [0.25, 0.3) is 0 Å². The van der Waals surface area contributed by atoms with Crippen molar-refractivity contribution in [3.63, 3.8) is 0 Å². The van der Waals surface area contributed by atoms with Crippen molar-refractivity contribution in [1.82, 2.24) is 0 Å². The minimum atomic E-state index is 0.267. The van der Waals surface area contributed by atoms with Crippen molar-refractivity contribution in [3.8, 4) is 0 Å². The van der Waals surface area contributed by atoms with Crippen LogP contribution in [0.3, 0.4) is 0 Å². The lowest BCUT2D eigenvalue weighted by molar-refractivity contribution is 0.652. The third-order valence-corrected chi connectivity index (χ3v) is 3.00. The van der Waals surface area contributed by atoms with Crippen LogP contribution in [0.25, 0.3) is 0 Å². The predicted molar refractivity (Wildman–Crippen MR) is 66.1 cm³/mol. The summed E-state index contributed by atoms with van der Waals surface area (Å²) in [5, 5.41) is 0.784. The van der Waals surface area contributed by atoms with E-state index in [-0.39, 0.29) is 6.04 Å². The second-order valence-corrected chi connectivity index (χ2v) is 4.79. The Morgan fingerprint density at radius 1 is 1.36 bits per heavy atom. The summed E-state index contributed by atoms with van der Waals surface area (Å²) in [6.45, 7) is 0. The third-order valence-electron chi connectivity index (χ3n) is 2.10. The molecule has 0 spiro atoms. The number of benzene rings is 1. The molecule has 0 aliphatic heterocycles. The van der Waals surface area contributed by atoms with Crippen molar-refractivity contribution in [2.24, 2.45) is 5.73 Å². The molecule has 14 heavy (non-hydrogen) atoms. The molecule has 0 aromatic heterocycles. The molecule has 0 aliphatic carbocycles. The Morgan fingerprint density at radius 2 is 2.00 bits per heavy atom. The minimum absolute atomic E-state index is 0.267. The molecule has 1 rings (SSSR count). The summed E-state index contributed by atoms with van der Waals surface area (Å²) in [5.74, 6) is 1.13. The van der Waals surface area contributed by atoms with Gasteiger partial charge >= 0.3 is 0 Å². The summed E-state index contributed by atoms with van der Waals surface area (Å²) in [4.78, 5) is 0. The van der Waals surface area contributed by atoms with Gasteiger partial charge in [0.15, 0.2) is 0 Å². The number of nitrogens with two attached hydrogens (primary N) is 1. The molecule has 3 heteroatoms. The molecular weight excluding hydrogens is 214 g/mol. The second-order valence-electron chi connectivity index (χ2n) is 3.37. The van der Waals surface area contributed by atoms with E-state index in [0.29, 0.717) is 0 Å². The molecule has 0 fully saturated rings. The molecule has 0 heterocycles. The fourth-order valence-corrected chi connectivity index (χ4v) is 1.96. The van der Waals surface area contributed by atoms with Crippen LogP contribution in [0.4, 0.5) is 0 Å². The van der Waals surface area contributed by atoms with Gasteiger partial charge in [0.1, 0.15) is 0 Å². The maximum absolute atomic E-state index is 5.98. The standard InChI is InChI=1S/C11H16ClNS/c1-14-7-6-11(13)8-9-2-4-10(12)5-3-9/h2-5,11H,6-8,13H2,1H3. The number of rotatable bonds is 5. The van der Waals surface area contributed by atoms with E-state index < -0.39 is 0 Å². The van der Waals surface area contributed by atoms with Gasteiger partial charge in [0, 0.05) is 11.1 Å². The first-order valence-electron chi connectivity index (χ1n) is 4.71. The molecule has 0 aliphatic rings. The number of halogens is 1. The number of hydrogen-bond acceptors (Lipinski definition) is 2. The molecule has 1 aromatic rings. The smallest absolute Gasteiger partial charge is 0.0406 e. The molecule has 0 bridgehead atoms. The van der Waals surface area contributed by atoms with E-state index in [1.807, 2.05) is 36.0 Å². The van der Waals surface area contributed by atoms with Gasteiger partial charge in [-0.05, 0) is 42.5 Å². The first kappa shape index (κ1) is 11.9. The molecule has 1 unspecified atom stereocenters. The maximum atomic E-state index is 5.98. The van der Waals surface area contributed by atoms with E-state index in [4.69, 9.17) is 17.3 Å². The van der Waals surface area contributed by atoms with Crippen molar-refractivity contribution < 1.29 is 0 Å². The second kappa shape index (κ2) is 6.33. The van der Waals surface area contributed by atoms with Crippen molar-refractivity contribution in [3.05, 3.63) is 34.9 Å². The lowest BCUT2D eigenvalue weighted by Gasteiger charge is -2.10. The van der Waals surface area contributed by atoms with E-state index in [1.54, 1.807) is 0 Å². The lowest BCUT2D eigenvalue weighted by Crippen LogP contribution is -2.23. The van der Waals surface area contributed by atoms with Crippen LogP contribution < -0.4 is 5.73 Å². The summed E-state index contributed by atoms with van der Waals surface area (Å²) in [6, 6.07) is 8.18. The molecular formula is C11H16ClNS. The van der Waals surface area contributed by atoms with E-state index in [2.05, 4.69) is 6.26 Å². The third kappa shape index (κ3) is 4.36. The molecule has 1 atom stereocenters. The Morgan fingerprint density at radius 3 is 2.57 bits per heavy atom. The van der Waals surface area contributed by atoms with Gasteiger partial charge in [-0.2, -0.15) is 11.8 Å². The van der Waals surface area contributed by atoms with Crippen molar-refractivity contribution in [2.75, 3.05) is 12.0 Å². The van der Waals surface area contributed by atoms with Crippen LogP contribution in [-0.2, 0) is 6.42 Å². The average molecular weight is 230 g/mol. The highest BCUT2D eigenvalue weighted by Crippen LogP contribution is 2.12. The van der Waals surface area contributed by atoms with Crippen LogP contribution in [-0.4, -0.2) is 18.1 Å². The van der Waals surface area contributed by atoms with E-state index in [9.17, 15) is 0 Å². The molecule has 1 aromatic carbocycles. The molecule has 78 valence electrons. The monoisotopic (exact) mass is 229 g/mol. The van der Waals surface area contributed by atoms with Crippen LogP contribution >= 0.6 is 23.4 Å². The van der Waals surface area contributed by atoms with Crippen LogP contribution in [0.1, 0.15) is 12.0 Å². The van der Waals surface area contributed by atoms with Gasteiger partial charge in [0.2, 0.25) is 0 Å². The first-order chi connectivity index (χ1) is 6.72. The molecule has 0 radical (unpaired) electrons. The first-order valence-corrected chi connectivity index (χ1v) is 6.48. The van der Waals surface area contributed by atoms with Gasteiger partial charge in [-0.3, -0.25) is 0 Å². The normalized spacial score (nSPS) is 12.8. The van der Waals surface area contributed by atoms with Crippen molar-refractivity contribution in [2.45, 2.75) is 18.9 Å². The van der Waals surface area contributed by atoms with Crippen LogP contribution in [0.2, 0.25) is 5.02 Å². The lowest BCUT2D eigenvalue weighted by atomic mass is 10.1. The molecule has 2 N–H and O–H groups in total. The Hall–Kier alpha value is -0.180. The summed E-state index contributed by atoms with van der Waals surface area (Å²) in [5.41, 5.74) is 7.25. The quantitative estimate of drug-likeness (QED) is 0.840. The zero-order valence-corrected chi connectivity index (χ0v) is 9.94. The summed E-state index contributed by atoms with van der Waals surface area (Å²) in [6.07, 6.45) is 4.12. The largest absolute Gasteiger partial charge is 0.327 e. The number of hydrogen-bond donors (Lipinski definition) is 1. The molecule has 0 saturated heterocycles. The fraction of sp³-hybridized carbons (Fsp3) is 0.455. The highest BCUT2D eigenvalue weighted by atomic mass is 35.5. The zero-order valence-electron chi connectivity index (χ0n) is 8.37.